The van der Waals surface area contributed by atoms with Gasteiger partial charge in [-0.15, -0.1) is 5.10 Å². The topological polar surface area (TPSA) is 92.2 Å². The van der Waals surface area contributed by atoms with Crippen molar-refractivity contribution in [3.8, 4) is 0 Å². The molecule has 0 aliphatic heterocycles. The molecule has 7 heteroatoms. The summed E-state index contributed by atoms with van der Waals surface area (Å²) in [5, 5.41) is 15.8. The van der Waals surface area contributed by atoms with Gasteiger partial charge in [-0.05, 0) is 12.8 Å². The zero-order valence-corrected chi connectivity index (χ0v) is 9.68. The lowest BCUT2D eigenvalue weighted by Gasteiger charge is -2.23. The second-order valence-electron chi connectivity index (χ2n) is 3.77. The molecule has 1 aliphatic rings. The van der Waals surface area contributed by atoms with Crippen molar-refractivity contribution >= 4 is 28.4 Å². The van der Waals surface area contributed by atoms with Gasteiger partial charge in [-0.25, -0.2) is 0 Å². The third kappa shape index (κ3) is 2.68. The second kappa shape index (κ2) is 5.05. The number of aliphatic carboxylic acids is 1. The van der Waals surface area contributed by atoms with E-state index in [1.54, 1.807) is 6.08 Å². The molecule has 1 heterocycles. The van der Waals surface area contributed by atoms with Gasteiger partial charge in [-0.1, -0.05) is 16.6 Å². The number of nitrogens with one attached hydrogen (secondary N) is 1. The Kier molecular flexibility index (Phi) is 3.48. The lowest BCUT2D eigenvalue weighted by atomic mass is 9.82. The molecule has 0 radical (unpaired) electrons. The molecule has 1 amide bonds. The smallest absolute Gasteiger partial charge is 0.307 e. The van der Waals surface area contributed by atoms with E-state index in [9.17, 15) is 9.59 Å². The van der Waals surface area contributed by atoms with Crippen LogP contribution in [0.25, 0.3) is 0 Å². The van der Waals surface area contributed by atoms with E-state index in [1.165, 1.54) is 6.20 Å². The molecular formula is C10H11N3O3S. The number of nitrogens with zero attached hydrogens (tertiary/aromatic N) is 2. The third-order valence-electron chi connectivity index (χ3n) is 2.69. The summed E-state index contributed by atoms with van der Waals surface area (Å²) in [6.07, 6.45) is 5.94. The van der Waals surface area contributed by atoms with E-state index in [4.69, 9.17) is 5.11 Å². The fraction of sp³-hybridized carbons (Fsp3) is 0.400. The fourth-order valence-electron chi connectivity index (χ4n) is 1.81. The fourth-order valence-corrected chi connectivity index (χ4v) is 2.24. The SMILES string of the molecule is O=C(O)C1CC=CCC1C(=O)Nc1cnns1. The maximum atomic E-state index is 11.9. The Bertz CT molecular complexity index is 444. The third-order valence-corrected chi connectivity index (χ3v) is 3.27. The van der Waals surface area contributed by atoms with Crippen LogP contribution in [0.4, 0.5) is 5.00 Å². The van der Waals surface area contributed by atoms with E-state index in [0.29, 0.717) is 17.8 Å². The normalized spacial score (nSPS) is 23.3. The van der Waals surface area contributed by atoms with Crippen molar-refractivity contribution in [3.63, 3.8) is 0 Å². The summed E-state index contributed by atoms with van der Waals surface area (Å²) in [5.74, 6) is -2.40. The first-order chi connectivity index (χ1) is 8.18. The van der Waals surface area contributed by atoms with E-state index in [2.05, 4.69) is 14.9 Å². The average molecular weight is 253 g/mol. The van der Waals surface area contributed by atoms with Gasteiger partial charge in [0, 0.05) is 11.5 Å². The minimum absolute atomic E-state index is 0.284. The van der Waals surface area contributed by atoms with Gasteiger partial charge in [0.15, 0.2) is 0 Å². The molecule has 6 nitrogen and oxygen atoms in total. The standard InChI is InChI=1S/C10H11N3O3S/c14-9(12-8-5-11-13-17-8)6-3-1-2-4-7(6)10(15)16/h1-2,5-7H,3-4H2,(H,12,14)(H,15,16). The Hall–Kier alpha value is -1.76. The number of carboxylic acids is 1. The monoisotopic (exact) mass is 253 g/mol. The molecule has 0 aromatic carbocycles. The lowest BCUT2D eigenvalue weighted by molar-refractivity contribution is -0.146. The minimum Gasteiger partial charge on any atom is -0.481 e. The molecule has 2 N–H and O–H groups in total. The van der Waals surface area contributed by atoms with Gasteiger partial charge >= 0.3 is 5.97 Å². The summed E-state index contributed by atoms with van der Waals surface area (Å²) in [5.41, 5.74) is 0. The van der Waals surface area contributed by atoms with E-state index < -0.39 is 17.8 Å². The van der Waals surface area contributed by atoms with Crippen LogP contribution in [0.5, 0.6) is 0 Å². The molecule has 0 spiro atoms. The van der Waals surface area contributed by atoms with Gasteiger partial charge in [0.1, 0.15) is 5.00 Å². The summed E-state index contributed by atoms with van der Waals surface area (Å²) >= 11 is 1.07. The van der Waals surface area contributed by atoms with E-state index in [1.807, 2.05) is 6.08 Å². The van der Waals surface area contributed by atoms with Crippen LogP contribution in [0, 0.1) is 11.8 Å². The largest absolute Gasteiger partial charge is 0.481 e. The van der Waals surface area contributed by atoms with Crippen molar-refractivity contribution < 1.29 is 14.7 Å². The molecule has 1 aromatic heterocycles. The van der Waals surface area contributed by atoms with E-state index >= 15 is 0 Å². The minimum atomic E-state index is -0.933. The van der Waals surface area contributed by atoms with Gasteiger partial charge in [0.2, 0.25) is 5.91 Å². The molecule has 90 valence electrons. The van der Waals surface area contributed by atoms with Crippen LogP contribution >= 0.6 is 11.5 Å². The summed E-state index contributed by atoms with van der Waals surface area (Å²) < 4.78 is 3.62. The maximum Gasteiger partial charge on any atom is 0.307 e. The first-order valence-corrected chi connectivity index (χ1v) is 5.92. The number of carboxylic acid groups (broad SMARTS) is 1. The number of anilines is 1. The Morgan fingerprint density at radius 2 is 2.06 bits per heavy atom. The van der Waals surface area contributed by atoms with Crippen molar-refractivity contribution in [1.29, 1.82) is 0 Å². The van der Waals surface area contributed by atoms with Crippen molar-refractivity contribution in [2.45, 2.75) is 12.8 Å². The van der Waals surface area contributed by atoms with E-state index in [0.717, 1.165) is 11.5 Å². The number of hydrogen-bond donors (Lipinski definition) is 2. The van der Waals surface area contributed by atoms with Crippen LogP contribution in [0.3, 0.4) is 0 Å². The van der Waals surface area contributed by atoms with Gasteiger partial charge in [0.25, 0.3) is 0 Å². The summed E-state index contributed by atoms with van der Waals surface area (Å²) in [6.45, 7) is 0. The molecule has 0 saturated heterocycles. The van der Waals surface area contributed by atoms with Crippen LogP contribution < -0.4 is 5.32 Å². The van der Waals surface area contributed by atoms with Crippen molar-refractivity contribution in [2.75, 3.05) is 5.32 Å². The van der Waals surface area contributed by atoms with Gasteiger partial charge in [-0.2, -0.15) is 0 Å². The van der Waals surface area contributed by atoms with Crippen LogP contribution in [-0.2, 0) is 9.59 Å². The van der Waals surface area contributed by atoms with Gasteiger partial charge in [0.05, 0.1) is 18.0 Å². The quantitative estimate of drug-likeness (QED) is 0.788. The Morgan fingerprint density at radius 1 is 1.35 bits per heavy atom. The highest BCUT2D eigenvalue weighted by molar-refractivity contribution is 7.10. The van der Waals surface area contributed by atoms with Crippen LogP contribution in [0.15, 0.2) is 18.3 Å². The number of aromatic nitrogens is 2. The number of carbonyl (C=O) groups is 2. The zero-order valence-electron chi connectivity index (χ0n) is 8.87. The number of hydrogen-bond acceptors (Lipinski definition) is 5. The summed E-state index contributed by atoms with van der Waals surface area (Å²) in [6, 6.07) is 0. The molecule has 17 heavy (non-hydrogen) atoms. The Labute approximate surface area is 102 Å². The molecule has 2 unspecified atom stereocenters. The summed E-state index contributed by atoms with van der Waals surface area (Å²) in [7, 11) is 0. The number of carbonyl (C=O) groups excluding carboxylic acids is 1. The predicted octanol–water partition coefficient (Wildman–Crippen LogP) is 1.14. The Morgan fingerprint density at radius 3 is 2.65 bits per heavy atom. The molecule has 0 fully saturated rings. The number of rotatable bonds is 3. The van der Waals surface area contributed by atoms with E-state index in [-0.39, 0.29) is 5.91 Å². The molecule has 0 bridgehead atoms. The number of allylic oxidation sites excluding steroid dienone is 2. The molecule has 2 rings (SSSR count). The zero-order chi connectivity index (χ0) is 12.3. The van der Waals surface area contributed by atoms with Gasteiger partial charge in [-0.3, -0.25) is 9.59 Å². The van der Waals surface area contributed by atoms with Crippen LogP contribution in [0.1, 0.15) is 12.8 Å². The second-order valence-corrected chi connectivity index (χ2v) is 4.55. The van der Waals surface area contributed by atoms with Gasteiger partial charge < -0.3 is 10.4 Å². The van der Waals surface area contributed by atoms with Crippen LogP contribution in [0.2, 0.25) is 0 Å². The van der Waals surface area contributed by atoms with Crippen LogP contribution in [-0.4, -0.2) is 26.6 Å². The molecule has 0 saturated carbocycles. The highest BCUT2D eigenvalue weighted by Gasteiger charge is 2.34. The number of amides is 1. The highest BCUT2D eigenvalue weighted by atomic mass is 32.1. The van der Waals surface area contributed by atoms with Crippen molar-refractivity contribution in [1.82, 2.24) is 9.59 Å². The maximum absolute atomic E-state index is 11.9. The lowest BCUT2D eigenvalue weighted by Crippen LogP contribution is -2.34. The highest BCUT2D eigenvalue weighted by Crippen LogP contribution is 2.27. The van der Waals surface area contributed by atoms with Crippen molar-refractivity contribution in [3.05, 3.63) is 18.3 Å². The molecule has 1 aromatic rings. The van der Waals surface area contributed by atoms with Crippen molar-refractivity contribution in [2.24, 2.45) is 11.8 Å². The first kappa shape index (κ1) is 11.7. The average Bonchev–Trinajstić information content (AvgIpc) is 2.81. The Balaban J connectivity index is 2.07. The molecule has 1 aliphatic carbocycles. The summed E-state index contributed by atoms with van der Waals surface area (Å²) in [4.78, 5) is 23.0. The first-order valence-electron chi connectivity index (χ1n) is 5.14. The molecule has 2 atom stereocenters. The molecular weight excluding hydrogens is 242 g/mol. The predicted molar refractivity (Wildman–Crippen MR) is 61.5 cm³/mol.